The van der Waals surface area contributed by atoms with Gasteiger partial charge in [0, 0.05) is 0 Å². The Morgan fingerprint density at radius 2 is 1.93 bits per heavy atom. The van der Waals surface area contributed by atoms with Crippen LogP contribution in [0.25, 0.3) is 0 Å². The highest BCUT2D eigenvalue weighted by Crippen LogP contribution is 2.35. The lowest BCUT2D eigenvalue weighted by molar-refractivity contribution is 0.141. The maximum Gasteiger partial charge on any atom is 0.0719 e. The molecule has 0 unspecified atom stereocenters. The summed E-state index contributed by atoms with van der Waals surface area (Å²) in [6.45, 7) is 0.615. The molecule has 1 aromatic carbocycles. The molecule has 0 atom stereocenters. The standard InChI is InChI=1S/C13H19NO/c14-15-10-9-12-7-3-4-8-13(12)11-5-1-2-6-11/h3-4,7-8,11H,1-2,5-6,9-10,14H2. The molecule has 1 aromatic rings. The molecule has 1 fully saturated rings. The smallest absolute Gasteiger partial charge is 0.0719 e. The number of hydrogen-bond donors (Lipinski definition) is 1. The molecule has 2 nitrogen and oxygen atoms in total. The molecule has 0 radical (unpaired) electrons. The predicted octanol–water partition coefficient (Wildman–Crippen LogP) is 2.78. The minimum Gasteiger partial charge on any atom is -0.304 e. The summed E-state index contributed by atoms with van der Waals surface area (Å²) in [7, 11) is 0. The number of rotatable bonds is 4. The minimum atomic E-state index is 0.615. The van der Waals surface area contributed by atoms with Crippen LogP contribution in [0.15, 0.2) is 24.3 Å². The number of hydrogen-bond acceptors (Lipinski definition) is 2. The zero-order chi connectivity index (χ0) is 10.5. The molecule has 0 amide bonds. The van der Waals surface area contributed by atoms with Crippen molar-refractivity contribution in [2.24, 2.45) is 5.90 Å². The zero-order valence-corrected chi connectivity index (χ0v) is 9.11. The first-order chi connectivity index (χ1) is 7.42. The van der Waals surface area contributed by atoms with Crippen LogP contribution < -0.4 is 5.90 Å². The number of nitrogens with two attached hydrogens (primary N) is 1. The predicted molar refractivity (Wildman–Crippen MR) is 61.5 cm³/mol. The molecule has 0 aromatic heterocycles. The van der Waals surface area contributed by atoms with Crippen LogP contribution in [-0.4, -0.2) is 6.61 Å². The third kappa shape index (κ3) is 2.58. The largest absolute Gasteiger partial charge is 0.304 e. The van der Waals surface area contributed by atoms with Crippen molar-refractivity contribution >= 4 is 0 Å². The van der Waals surface area contributed by atoms with Gasteiger partial charge in [-0.2, -0.15) is 0 Å². The van der Waals surface area contributed by atoms with Crippen LogP contribution in [0, 0.1) is 0 Å². The van der Waals surface area contributed by atoms with Gasteiger partial charge in [-0.1, -0.05) is 37.1 Å². The van der Waals surface area contributed by atoms with Crippen LogP contribution in [-0.2, 0) is 11.3 Å². The van der Waals surface area contributed by atoms with Gasteiger partial charge in [0.15, 0.2) is 0 Å². The van der Waals surface area contributed by atoms with Gasteiger partial charge in [0.25, 0.3) is 0 Å². The van der Waals surface area contributed by atoms with Gasteiger partial charge in [-0.25, -0.2) is 5.90 Å². The topological polar surface area (TPSA) is 35.2 Å². The molecule has 82 valence electrons. The van der Waals surface area contributed by atoms with Gasteiger partial charge in [0.2, 0.25) is 0 Å². The van der Waals surface area contributed by atoms with Gasteiger partial charge in [0.1, 0.15) is 0 Å². The molecule has 15 heavy (non-hydrogen) atoms. The van der Waals surface area contributed by atoms with E-state index in [1.165, 1.54) is 36.8 Å². The quantitative estimate of drug-likeness (QED) is 0.767. The van der Waals surface area contributed by atoms with E-state index in [0.717, 1.165) is 12.3 Å². The van der Waals surface area contributed by atoms with Crippen LogP contribution in [0.3, 0.4) is 0 Å². The highest BCUT2D eigenvalue weighted by molar-refractivity contribution is 5.31. The first-order valence-electron chi connectivity index (χ1n) is 5.81. The van der Waals surface area contributed by atoms with Crippen molar-refractivity contribution in [3.05, 3.63) is 35.4 Å². The van der Waals surface area contributed by atoms with E-state index in [1.807, 2.05) is 0 Å². The lowest BCUT2D eigenvalue weighted by atomic mass is 9.92. The molecule has 0 aliphatic heterocycles. The first-order valence-corrected chi connectivity index (χ1v) is 5.81. The minimum absolute atomic E-state index is 0.615. The van der Waals surface area contributed by atoms with Gasteiger partial charge in [-0.05, 0) is 36.3 Å². The number of benzene rings is 1. The van der Waals surface area contributed by atoms with E-state index in [9.17, 15) is 0 Å². The van der Waals surface area contributed by atoms with E-state index in [-0.39, 0.29) is 0 Å². The summed E-state index contributed by atoms with van der Waals surface area (Å²) in [6, 6.07) is 8.71. The fraction of sp³-hybridized carbons (Fsp3) is 0.538. The Hall–Kier alpha value is -0.860. The van der Waals surface area contributed by atoms with Gasteiger partial charge in [-0.15, -0.1) is 0 Å². The highest BCUT2D eigenvalue weighted by Gasteiger charge is 2.18. The van der Waals surface area contributed by atoms with Crippen molar-refractivity contribution in [3.63, 3.8) is 0 Å². The second kappa shape index (κ2) is 5.29. The molecule has 1 aliphatic rings. The van der Waals surface area contributed by atoms with E-state index in [0.29, 0.717) is 6.61 Å². The van der Waals surface area contributed by atoms with Crippen molar-refractivity contribution in [1.82, 2.24) is 0 Å². The zero-order valence-electron chi connectivity index (χ0n) is 9.11. The average molecular weight is 205 g/mol. The Morgan fingerprint density at radius 3 is 2.67 bits per heavy atom. The Bertz CT molecular complexity index is 305. The molecule has 0 saturated heterocycles. The van der Waals surface area contributed by atoms with Crippen molar-refractivity contribution in [3.8, 4) is 0 Å². The molecular formula is C13H19NO. The third-order valence-corrected chi connectivity index (χ3v) is 3.34. The average Bonchev–Trinajstić information content (AvgIpc) is 2.80. The van der Waals surface area contributed by atoms with Crippen LogP contribution in [0.1, 0.15) is 42.7 Å². The third-order valence-electron chi connectivity index (χ3n) is 3.34. The second-order valence-electron chi connectivity index (χ2n) is 4.30. The SMILES string of the molecule is NOCCc1ccccc1C1CCCC1. The highest BCUT2D eigenvalue weighted by atomic mass is 16.6. The molecule has 2 rings (SSSR count). The first kappa shape index (κ1) is 10.7. The van der Waals surface area contributed by atoms with Gasteiger partial charge in [-0.3, -0.25) is 0 Å². The summed E-state index contributed by atoms with van der Waals surface area (Å²) in [4.78, 5) is 4.66. The molecule has 0 spiro atoms. The van der Waals surface area contributed by atoms with Gasteiger partial charge >= 0.3 is 0 Å². The summed E-state index contributed by atoms with van der Waals surface area (Å²) >= 11 is 0. The summed E-state index contributed by atoms with van der Waals surface area (Å²) in [6.07, 6.45) is 6.39. The van der Waals surface area contributed by atoms with E-state index in [4.69, 9.17) is 5.90 Å². The maximum absolute atomic E-state index is 5.08. The van der Waals surface area contributed by atoms with Crippen LogP contribution >= 0.6 is 0 Å². The van der Waals surface area contributed by atoms with E-state index >= 15 is 0 Å². The van der Waals surface area contributed by atoms with E-state index < -0.39 is 0 Å². The van der Waals surface area contributed by atoms with Gasteiger partial charge in [0.05, 0.1) is 6.61 Å². The van der Waals surface area contributed by atoms with Gasteiger partial charge < -0.3 is 4.84 Å². The molecule has 2 N–H and O–H groups in total. The Balaban J connectivity index is 2.13. The molecule has 0 heterocycles. The monoisotopic (exact) mass is 205 g/mol. The summed E-state index contributed by atoms with van der Waals surface area (Å²) in [5.74, 6) is 5.86. The lowest BCUT2D eigenvalue weighted by Gasteiger charge is -2.14. The normalized spacial score (nSPS) is 17.1. The Labute approximate surface area is 91.4 Å². The Kier molecular flexibility index (Phi) is 3.75. The van der Waals surface area contributed by atoms with Crippen molar-refractivity contribution < 1.29 is 4.84 Å². The maximum atomic E-state index is 5.08. The molecule has 2 heteroatoms. The van der Waals surface area contributed by atoms with Crippen molar-refractivity contribution in [2.75, 3.05) is 6.61 Å². The fourth-order valence-corrected chi connectivity index (χ4v) is 2.57. The Morgan fingerprint density at radius 1 is 1.20 bits per heavy atom. The summed E-state index contributed by atoms with van der Waals surface area (Å²) in [5.41, 5.74) is 2.93. The summed E-state index contributed by atoms with van der Waals surface area (Å²) in [5, 5.41) is 0. The molecule has 1 saturated carbocycles. The van der Waals surface area contributed by atoms with E-state index in [2.05, 4.69) is 29.1 Å². The van der Waals surface area contributed by atoms with Crippen molar-refractivity contribution in [1.29, 1.82) is 0 Å². The summed E-state index contributed by atoms with van der Waals surface area (Å²) < 4.78 is 0. The van der Waals surface area contributed by atoms with Crippen LogP contribution in [0.2, 0.25) is 0 Å². The van der Waals surface area contributed by atoms with E-state index in [1.54, 1.807) is 0 Å². The van der Waals surface area contributed by atoms with Crippen molar-refractivity contribution in [2.45, 2.75) is 38.0 Å². The van der Waals surface area contributed by atoms with Crippen LogP contribution in [0.5, 0.6) is 0 Å². The molecule has 0 bridgehead atoms. The lowest BCUT2D eigenvalue weighted by Crippen LogP contribution is -2.06. The molecular weight excluding hydrogens is 186 g/mol. The fourth-order valence-electron chi connectivity index (χ4n) is 2.57. The van der Waals surface area contributed by atoms with Crippen LogP contribution in [0.4, 0.5) is 0 Å². The molecule has 1 aliphatic carbocycles. The second-order valence-corrected chi connectivity index (χ2v) is 4.30.